The summed E-state index contributed by atoms with van der Waals surface area (Å²) in [6, 6.07) is 16.8. The standard InChI is InChI=1S/C18H22O/c1-4-14(2)16-10-7-11-18(12-16)19-13-17-9-6-5-8-15(17)3/h5-12,14H,4,13H2,1-3H3. The van der Waals surface area contributed by atoms with Crippen LogP contribution >= 0.6 is 0 Å². The molecule has 0 aliphatic carbocycles. The van der Waals surface area contributed by atoms with Gasteiger partial charge < -0.3 is 4.74 Å². The van der Waals surface area contributed by atoms with Gasteiger partial charge in [-0.1, -0.05) is 50.2 Å². The molecule has 0 amide bonds. The number of hydrogen-bond donors (Lipinski definition) is 0. The highest BCUT2D eigenvalue weighted by Crippen LogP contribution is 2.23. The smallest absolute Gasteiger partial charge is 0.120 e. The third-order valence-corrected chi connectivity index (χ3v) is 3.70. The van der Waals surface area contributed by atoms with E-state index in [1.54, 1.807) is 0 Å². The summed E-state index contributed by atoms with van der Waals surface area (Å²) in [4.78, 5) is 0. The Bertz CT molecular complexity index is 531. The molecule has 19 heavy (non-hydrogen) atoms. The summed E-state index contributed by atoms with van der Waals surface area (Å²) < 4.78 is 5.91. The number of hydrogen-bond acceptors (Lipinski definition) is 1. The maximum atomic E-state index is 5.91. The molecule has 1 unspecified atom stereocenters. The highest BCUT2D eigenvalue weighted by molar-refractivity contribution is 5.31. The molecular formula is C18H22O. The van der Waals surface area contributed by atoms with Crippen molar-refractivity contribution in [2.75, 3.05) is 0 Å². The van der Waals surface area contributed by atoms with Crippen molar-refractivity contribution in [1.82, 2.24) is 0 Å². The van der Waals surface area contributed by atoms with Crippen molar-refractivity contribution in [2.45, 2.75) is 39.7 Å². The molecule has 1 heteroatoms. The number of ether oxygens (including phenoxy) is 1. The summed E-state index contributed by atoms with van der Waals surface area (Å²) in [7, 11) is 0. The quantitative estimate of drug-likeness (QED) is 0.722. The first-order valence-electron chi connectivity index (χ1n) is 6.98. The highest BCUT2D eigenvalue weighted by atomic mass is 16.5. The van der Waals surface area contributed by atoms with Crippen molar-refractivity contribution in [3.63, 3.8) is 0 Å². The molecule has 0 radical (unpaired) electrons. The van der Waals surface area contributed by atoms with Gasteiger partial charge in [0.2, 0.25) is 0 Å². The molecule has 0 saturated heterocycles. The number of benzene rings is 2. The lowest BCUT2D eigenvalue weighted by Crippen LogP contribution is -1.99. The van der Waals surface area contributed by atoms with Gasteiger partial charge in [-0.3, -0.25) is 0 Å². The van der Waals surface area contributed by atoms with Gasteiger partial charge in [-0.05, 0) is 48.1 Å². The molecule has 2 rings (SSSR count). The summed E-state index contributed by atoms with van der Waals surface area (Å²) >= 11 is 0. The lowest BCUT2D eigenvalue weighted by molar-refractivity contribution is 0.305. The largest absolute Gasteiger partial charge is 0.489 e. The van der Waals surface area contributed by atoms with Gasteiger partial charge in [0.15, 0.2) is 0 Å². The van der Waals surface area contributed by atoms with Gasteiger partial charge in [0.05, 0.1) is 0 Å². The first-order chi connectivity index (χ1) is 9.20. The van der Waals surface area contributed by atoms with Gasteiger partial charge in [0.25, 0.3) is 0 Å². The van der Waals surface area contributed by atoms with E-state index in [0.717, 1.165) is 12.2 Å². The summed E-state index contributed by atoms with van der Waals surface area (Å²) in [6.45, 7) is 7.22. The molecule has 0 aliphatic rings. The molecular weight excluding hydrogens is 232 g/mol. The van der Waals surface area contributed by atoms with Crippen molar-refractivity contribution in [3.8, 4) is 5.75 Å². The van der Waals surface area contributed by atoms with E-state index in [2.05, 4.69) is 63.2 Å². The second-order valence-corrected chi connectivity index (χ2v) is 5.10. The van der Waals surface area contributed by atoms with Crippen molar-refractivity contribution >= 4 is 0 Å². The molecule has 1 atom stereocenters. The Morgan fingerprint density at radius 2 is 1.84 bits per heavy atom. The molecule has 0 saturated carbocycles. The Morgan fingerprint density at radius 1 is 1.05 bits per heavy atom. The first-order valence-corrected chi connectivity index (χ1v) is 6.98. The van der Waals surface area contributed by atoms with E-state index < -0.39 is 0 Å². The summed E-state index contributed by atoms with van der Waals surface area (Å²) in [5.41, 5.74) is 3.88. The predicted octanol–water partition coefficient (Wildman–Crippen LogP) is 5.09. The van der Waals surface area contributed by atoms with Crippen LogP contribution in [0.1, 0.15) is 42.9 Å². The van der Waals surface area contributed by atoms with Crippen LogP contribution < -0.4 is 4.74 Å². The van der Waals surface area contributed by atoms with Crippen LogP contribution in [-0.4, -0.2) is 0 Å². The fourth-order valence-electron chi connectivity index (χ4n) is 2.08. The maximum absolute atomic E-state index is 5.91. The predicted molar refractivity (Wildman–Crippen MR) is 80.7 cm³/mol. The molecule has 0 aromatic heterocycles. The Morgan fingerprint density at radius 3 is 2.58 bits per heavy atom. The van der Waals surface area contributed by atoms with Crippen LogP contribution in [0, 0.1) is 6.92 Å². The third-order valence-electron chi connectivity index (χ3n) is 3.70. The Balaban J connectivity index is 2.06. The normalized spacial score (nSPS) is 12.2. The zero-order valence-corrected chi connectivity index (χ0v) is 12.0. The fraction of sp³-hybridized carbons (Fsp3) is 0.333. The fourth-order valence-corrected chi connectivity index (χ4v) is 2.08. The van der Waals surface area contributed by atoms with Crippen LogP contribution in [-0.2, 0) is 6.61 Å². The van der Waals surface area contributed by atoms with E-state index >= 15 is 0 Å². The Hall–Kier alpha value is -1.76. The summed E-state index contributed by atoms with van der Waals surface area (Å²) in [5, 5.41) is 0. The first kappa shape index (κ1) is 13.7. The minimum absolute atomic E-state index is 0.585. The van der Waals surface area contributed by atoms with Crippen LogP contribution in [0.15, 0.2) is 48.5 Å². The molecule has 1 nitrogen and oxygen atoms in total. The van der Waals surface area contributed by atoms with Crippen LogP contribution in [0.4, 0.5) is 0 Å². The van der Waals surface area contributed by atoms with Gasteiger partial charge >= 0.3 is 0 Å². The monoisotopic (exact) mass is 254 g/mol. The van der Waals surface area contributed by atoms with E-state index in [9.17, 15) is 0 Å². The lowest BCUT2D eigenvalue weighted by atomic mass is 9.99. The molecule has 0 heterocycles. The average Bonchev–Trinajstić information content (AvgIpc) is 2.46. The van der Waals surface area contributed by atoms with Gasteiger partial charge in [-0.15, -0.1) is 0 Å². The number of rotatable bonds is 5. The summed E-state index contributed by atoms with van der Waals surface area (Å²) in [5.74, 6) is 1.54. The zero-order valence-electron chi connectivity index (χ0n) is 12.0. The second-order valence-electron chi connectivity index (χ2n) is 5.10. The number of aryl methyl sites for hydroxylation is 1. The van der Waals surface area contributed by atoms with Gasteiger partial charge in [-0.2, -0.15) is 0 Å². The molecule has 0 aliphatic heterocycles. The van der Waals surface area contributed by atoms with Gasteiger partial charge in [-0.25, -0.2) is 0 Å². The molecule has 100 valence electrons. The van der Waals surface area contributed by atoms with Crippen molar-refractivity contribution in [2.24, 2.45) is 0 Å². The van der Waals surface area contributed by atoms with E-state index in [4.69, 9.17) is 4.74 Å². The van der Waals surface area contributed by atoms with E-state index in [1.165, 1.54) is 16.7 Å². The van der Waals surface area contributed by atoms with Crippen molar-refractivity contribution in [1.29, 1.82) is 0 Å². The molecule has 2 aromatic rings. The second kappa shape index (κ2) is 6.42. The van der Waals surface area contributed by atoms with Crippen molar-refractivity contribution in [3.05, 3.63) is 65.2 Å². The van der Waals surface area contributed by atoms with Crippen LogP contribution in [0.2, 0.25) is 0 Å². The lowest BCUT2D eigenvalue weighted by Gasteiger charge is -2.12. The van der Waals surface area contributed by atoms with Crippen LogP contribution in [0.25, 0.3) is 0 Å². The maximum Gasteiger partial charge on any atom is 0.120 e. The van der Waals surface area contributed by atoms with E-state index in [-0.39, 0.29) is 0 Å². The Labute approximate surface area is 116 Å². The summed E-state index contributed by atoms with van der Waals surface area (Å²) in [6.07, 6.45) is 1.15. The molecule has 0 spiro atoms. The molecule has 2 aromatic carbocycles. The minimum Gasteiger partial charge on any atom is -0.489 e. The molecule has 0 bridgehead atoms. The van der Waals surface area contributed by atoms with E-state index in [1.807, 2.05) is 6.07 Å². The average molecular weight is 254 g/mol. The highest BCUT2D eigenvalue weighted by Gasteiger charge is 2.04. The SMILES string of the molecule is CCC(C)c1cccc(OCc2ccccc2C)c1. The molecule has 0 fully saturated rings. The Kier molecular flexibility index (Phi) is 4.62. The van der Waals surface area contributed by atoms with E-state index in [0.29, 0.717) is 12.5 Å². The molecule has 0 N–H and O–H groups in total. The van der Waals surface area contributed by atoms with Crippen LogP contribution in [0.3, 0.4) is 0 Å². The van der Waals surface area contributed by atoms with Gasteiger partial charge in [0, 0.05) is 0 Å². The topological polar surface area (TPSA) is 9.23 Å². The van der Waals surface area contributed by atoms with Crippen molar-refractivity contribution < 1.29 is 4.74 Å². The van der Waals surface area contributed by atoms with Gasteiger partial charge in [0.1, 0.15) is 12.4 Å². The minimum atomic E-state index is 0.585. The zero-order chi connectivity index (χ0) is 13.7. The third kappa shape index (κ3) is 3.60. The van der Waals surface area contributed by atoms with Crippen LogP contribution in [0.5, 0.6) is 5.75 Å².